The first-order valence-electron chi connectivity index (χ1n) is 5.82. The van der Waals surface area contributed by atoms with Gasteiger partial charge in [-0.15, -0.1) is 0 Å². The first-order chi connectivity index (χ1) is 9.78. The third-order valence-electron chi connectivity index (χ3n) is 2.74. The van der Waals surface area contributed by atoms with Gasteiger partial charge in [0.2, 0.25) is 5.13 Å². The molecule has 0 saturated heterocycles. The van der Waals surface area contributed by atoms with Crippen LogP contribution in [0.4, 0.5) is 10.8 Å². The van der Waals surface area contributed by atoms with E-state index in [1.165, 1.54) is 0 Å². The smallest absolute Gasteiger partial charge is 0.276 e. The molecule has 0 spiro atoms. The van der Waals surface area contributed by atoms with E-state index >= 15 is 0 Å². The largest absolute Gasteiger partial charge is 0.388 e. The zero-order chi connectivity index (χ0) is 13.9. The van der Waals surface area contributed by atoms with Gasteiger partial charge in [0, 0.05) is 29.7 Å². The average molecular weight is 286 g/mol. The highest BCUT2D eigenvalue weighted by molar-refractivity contribution is 7.09. The zero-order valence-corrected chi connectivity index (χ0v) is 11.3. The monoisotopic (exact) mass is 286 g/mol. The lowest BCUT2D eigenvalue weighted by atomic mass is 10.1. The van der Waals surface area contributed by atoms with E-state index in [4.69, 9.17) is 0 Å². The Labute approximate surface area is 118 Å². The number of pyridine rings is 1. The molecule has 0 bridgehead atoms. The molecule has 0 radical (unpaired) electrons. The van der Waals surface area contributed by atoms with Gasteiger partial charge in [-0.3, -0.25) is 10.1 Å². The molecular formula is C12H10N6OS. The van der Waals surface area contributed by atoms with Crippen LogP contribution in [0.15, 0.2) is 30.3 Å². The SMILES string of the molecule is CNc1cc(C(=O)Nc2nnns2)nc2ccccc12. The Bertz CT molecular complexity index is 758. The van der Waals surface area contributed by atoms with Gasteiger partial charge in [0.05, 0.1) is 5.52 Å². The van der Waals surface area contributed by atoms with Crippen molar-refractivity contribution in [3.8, 4) is 0 Å². The number of nitrogens with zero attached hydrogens (tertiary/aromatic N) is 4. The third-order valence-corrected chi connectivity index (χ3v) is 3.25. The summed E-state index contributed by atoms with van der Waals surface area (Å²) in [5.41, 5.74) is 1.90. The summed E-state index contributed by atoms with van der Waals surface area (Å²) in [6.07, 6.45) is 0. The van der Waals surface area contributed by atoms with E-state index in [9.17, 15) is 4.79 Å². The predicted molar refractivity (Wildman–Crippen MR) is 76.9 cm³/mol. The number of benzene rings is 1. The molecule has 0 aliphatic rings. The van der Waals surface area contributed by atoms with Crippen LogP contribution in [0.1, 0.15) is 10.5 Å². The Balaban J connectivity index is 2.01. The number of carbonyl (C=O) groups is 1. The molecule has 0 fully saturated rings. The van der Waals surface area contributed by atoms with Gasteiger partial charge in [0.25, 0.3) is 5.91 Å². The molecule has 3 rings (SSSR count). The molecule has 3 aromatic rings. The number of anilines is 2. The van der Waals surface area contributed by atoms with Crippen molar-refractivity contribution in [2.75, 3.05) is 17.7 Å². The van der Waals surface area contributed by atoms with Crippen LogP contribution in [0.3, 0.4) is 0 Å². The third kappa shape index (κ3) is 2.28. The standard InChI is InChI=1S/C12H10N6OS/c1-13-9-6-10(11(19)15-12-16-17-18-20-12)14-8-5-3-2-4-7(8)9/h2-6H,1H3,(H,13,14)(H,15,16,18,19). The van der Waals surface area contributed by atoms with Gasteiger partial charge in [-0.25, -0.2) is 4.98 Å². The molecule has 2 heterocycles. The summed E-state index contributed by atoms with van der Waals surface area (Å²) in [6.45, 7) is 0. The molecule has 8 heteroatoms. The highest BCUT2D eigenvalue weighted by Gasteiger charge is 2.13. The van der Waals surface area contributed by atoms with Crippen LogP contribution in [-0.2, 0) is 0 Å². The number of hydrogen-bond donors (Lipinski definition) is 2. The maximum Gasteiger partial charge on any atom is 0.276 e. The molecule has 0 saturated carbocycles. The zero-order valence-electron chi connectivity index (χ0n) is 10.5. The topological polar surface area (TPSA) is 92.7 Å². The van der Waals surface area contributed by atoms with E-state index in [-0.39, 0.29) is 5.91 Å². The highest BCUT2D eigenvalue weighted by Crippen LogP contribution is 2.23. The molecule has 0 unspecified atom stereocenters. The Kier molecular flexibility index (Phi) is 3.21. The second-order valence-electron chi connectivity index (χ2n) is 3.94. The van der Waals surface area contributed by atoms with Gasteiger partial charge in [0.1, 0.15) is 5.69 Å². The van der Waals surface area contributed by atoms with Crippen molar-refractivity contribution in [2.24, 2.45) is 0 Å². The van der Waals surface area contributed by atoms with Crippen molar-refractivity contribution in [1.29, 1.82) is 0 Å². The van der Waals surface area contributed by atoms with Gasteiger partial charge in [-0.05, 0) is 17.3 Å². The van der Waals surface area contributed by atoms with E-state index < -0.39 is 0 Å². The Morgan fingerprint density at radius 3 is 2.90 bits per heavy atom. The van der Waals surface area contributed by atoms with E-state index in [2.05, 4.69) is 30.4 Å². The molecule has 0 aliphatic heterocycles. The predicted octanol–water partition coefficient (Wildman–Crippen LogP) is 1.78. The number of rotatable bonds is 3. The minimum atomic E-state index is -0.342. The van der Waals surface area contributed by atoms with Gasteiger partial charge in [-0.1, -0.05) is 27.8 Å². The van der Waals surface area contributed by atoms with E-state index in [0.717, 1.165) is 28.1 Å². The maximum atomic E-state index is 12.1. The van der Waals surface area contributed by atoms with Crippen molar-refractivity contribution in [1.82, 2.24) is 19.8 Å². The number of carbonyl (C=O) groups excluding carboxylic acids is 1. The summed E-state index contributed by atoms with van der Waals surface area (Å²) in [7, 11) is 1.80. The first kappa shape index (κ1) is 12.4. The highest BCUT2D eigenvalue weighted by atomic mass is 32.1. The van der Waals surface area contributed by atoms with E-state index in [1.54, 1.807) is 13.1 Å². The molecular weight excluding hydrogens is 276 g/mol. The quantitative estimate of drug-likeness (QED) is 0.762. The van der Waals surface area contributed by atoms with Crippen LogP contribution >= 0.6 is 11.5 Å². The number of hydrogen-bond acceptors (Lipinski definition) is 7. The van der Waals surface area contributed by atoms with Crippen LogP contribution in [-0.4, -0.2) is 32.7 Å². The number of para-hydroxylation sites is 1. The fourth-order valence-electron chi connectivity index (χ4n) is 1.84. The number of fused-ring (bicyclic) bond motifs is 1. The molecule has 0 aliphatic carbocycles. The molecule has 2 aromatic heterocycles. The van der Waals surface area contributed by atoms with Crippen molar-refractivity contribution < 1.29 is 4.79 Å². The van der Waals surface area contributed by atoms with Crippen LogP contribution in [0.2, 0.25) is 0 Å². The number of nitrogens with one attached hydrogen (secondary N) is 2. The minimum absolute atomic E-state index is 0.309. The lowest BCUT2D eigenvalue weighted by Crippen LogP contribution is -2.14. The van der Waals surface area contributed by atoms with Gasteiger partial charge < -0.3 is 5.32 Å². The molecule has 1 aromatic carbocycles. The summed E-state index contributed by atoms with van der Waals surface area (Å²) in [4.78, 5) is 16.5. The average Bonchev–Trinajstić information content (AvgIpc) is 2.99. The van der Waals surface area contributed by atoms with Crippen molar-refractivity contribution in [2.45, 2.75) is 0 Å². The van der Waals surface area contributed by atoms with Crippen molar-refractivity contribution in [3.05, 3.63) is 36.0 Å². The molecule has 1 amide bonds. The molecule has 0 atom stereocenters. The summed E-state index contributed by atoms with van der Waals surface area (Å²) >= 11 is 1.01. The lowest BCUT2D eigenvalue weighted by molar-refractivity contribution is 0.102. The number of amides is 1. The summed E-state index contributed by atoms with van der Waals surface area (Å²) < 4.78 is 3.59. The summed E-state index contributed by atoms with van der Waals surface area (Å²) in [6, 6.07) is 9.32. The summed E-state index contributed by atoms with van der Waals surface area (Å²) in [5.74, 6) is -0.342. The number of aromatic nitrogens is 4. The minimum Gasteiger partial charge on any atom is -0.388 e. The summed E-state index contributed by atoms with van der Waals surface area (Å²) in [5, 5.41) is 14.1. The molecule has 100 valence electrons. The normalized spacial score (nSPS) is 10.4. The van der Waals surface area contributed by atoms with Gasteiger partial charge in [-0.2, -0.15) is 0 Å². The van der Waals surface area contributed by atoms with Crippen LogP contribution in [0.25, 0.3) is 10.9 Å². The lowest BCUT2D eigenvalue weighted by Gasteiger charge is -2.08. The van der Waals surface area contributed by atoms with Crippen LogP contribution in [0.5, 0.6) is 0 Å². The Morgan fingerprint density at radius 2 is 2.15 bits per heavy atom. The first-order valence-corrected chi connectivity index (χ1v) is 6.59. The molecule has 20 heavy (non-hydrogen) atoms. The van der Waals surface area contributed by atoms with Crippen LogP contribution < -0.4 is 10.6 Å². The Morgan fingerprint density at radius 1 is 1.30 bits per heavy atom. The fourth-order valence-corrected chi connectivity index (χ4v) is 2.20. The van der Waals surface area contributed by atoms with Crippen LogP contribution in [0, 0.1) is 0 Å². The molecule has 7 nitrogen and oxygen atoms in total. The van der Waals surface area contributed by atoms with Crippen molar-refractivity contribution >= 4 is 39.2 Å². The van der Waals surface area contributed by atoms with E-state index in [0.29, 0.717) is 10.8 Å². The van der Waals surface area contributed by atoms with Gasteiger partial charge in [0.15, 0.2) is 0 Å². The second-order valence-corrected chi connectivity index (χ2v) is 4.68. The Hall–Kier alpha value is -2.61. The fraction of sp³-hybridized carbons (Fsp3) is 0.0833. The second kappa shape index (κ2) is 5.17. The van der Waals surface area contributed by atoms with Crippen molar-refractivity contribution in [3.63, 3.8) is 0 Å². The van der Waals surface area contributed by atoms with Gasteiger partial charge >= 0.3 is 0 Å². The van der Waals surface area contributed by atoms with E-state index in [1.807, 2.05) is 24.3 Å². The molecule has 2 N–H and O–H groups in total. The maximum absolute atomic E-state index is 12.1.